The Bertz CT molecular complexity index is 1550. The third-order valence-electron chi connectivity index (χ3n) is 8.82. The Labute approximate surface area is 263 Å². The molecule has 0 spiro atoms. The second kappa shape index (κ2) is 15.2. The zero-order valence-electron chi connectivity index (χ0n) is 24.7. The number of aliphatic hydroxyl groups is 2. The average molecular weight is 613 g/mol. The number of halogens is 1. The number of carbonyl (C=O) groups excluding carboxylic acids is 2. The molecule has 2 heterocycles. The lowest BCUT2D eigenvalue weighted by molar-refractivity contribution is 0.0897. The molecule has 2 aliphatic rings. The number of nitrogens with zero attached hydrogens (tertiary/aromatic N) is 4. The van der Waals surface area contributed by atoms with Gasteiger partial charge in [0.15, 0.2) is 11.6 Å². The first kappa shape index (κ1) is 33.7. The molecule has 2 aromatic carbocycles. The minimum atomic E-state index is -0.546. The van der Waals surface area contributed by atoms with Crippen molar-refractivity contribution in [1.82, 2.24) is 19.9 Å². The van der Waals surface area contributed by atoms with Crippen molar-refractivity contribution in [2.75, 3.05) is 13.2 Å². The molecule has 0 saturated heterocycles. The third kappa shape index (κ3) is 8.29. The van der Waals surface area contributed by atoms with Gasteiger partial charge in [0, 0.05) is 48.5 Å². The maximum absolute atomic E-state index is 13.7. The van der Waals surface area contributed by atoms with Gasteiger partial charge in [-0.05, 0) is 48.9 Å². The highest BCUT2D eigenvalue weighted by Gasteiger charge is 2.44. The third-order valence-corrected chi connectivity index (χ3v) is 8.82. The number of carbonyl (C=O) groups is 2. The lowest BCUT2D eigenvalue weighted by Gasteiger charge is -2.37. The monoisotopic (exact) mass is 612 g/mol. The fraction of sp³-hybridized carbons (Fsp3) is 0.389. The predicted molar refractivity (Wildman–Crippen MR) is 170 cm³/mol. The standard InChI is InChI=1S/C19H21FN2O2.C16H16N2O2.CH4/c20-16-6-4-5-15(9-16)19(7-2-1-3-8-19)10-18-21-11-14(12-22-18)17(24)13-23;19-11-14(20)12-9-17-15(18-10-12)8-16(6-7-16)13-4-2-1-3-5-13;/h4-6,9,11-12,23H,1-3,7-8,10,13H2;1-5,9-10,19H,6-8,11H2;1H4. The van der Waals surface area contributed by atoms with Crippen LogP contribution in [0.15, 0.2) is 79.4 Å². The van der Waals surface area contributed by atoms with Crippen molar-refractivity contribution < 1.29 is 24.2 Å². The van der Waals surface area contributed by atoms with Gasteiger partial charge in [-0.2, -0.15) is 0 Å². The summed E-state index contributed by atoms with van der Waals surface area (Å²) in [4.78, 5) is 39.9. The number of aromatic nitrogens is 4. The molecule has 2 aliphatic carbocycles. The molecule has 2 saturated carbocycles. The van der Waals surface area contributed by atoms with Gasteiger partial charge in [-0.1, -0.05) is 69.2 Å². The Balaban J connectivity index is 0.000000203. The number of hydrogen-bond donors (Lipinski definition) is 2. The van der Waals surface area contributed by atoms with Gasteiger partial charge in [0.2, 0.25) is 0 Å². The van der Waals surface area contributed by atoms with Crippen molar-refractivity contribution in [3.05, 3.63) is 119 Å². The van der Waals surface area contributed by atoms with Crippen LogP contribution in [0.25, 0.3) is 0 Å². The van der Waals surface area contributed by atoms with E-state index < -0.39 is 13.2 Å². The summed E-state index contributed by atoms with van der Waals surface area (Å²) in [5.41, 5.74) is 3.03. The number of ketones is 2. The van der Waals surface area contributed by atoms with Crippen LogP contribution in [0.1, 0.15) is 95.9 Å². The first-order valence-electron chi connectivity index (χ1n) is 15.1. The maximum atomic E-state index is 13.7. The minimum Gasteiger partial charge on any atom is -0.388 e. The zero-order valence-corrected chi connectivity index (χ0v) is 24.7. The molecule has 0 atom stereocenters. The molecule has 45 heavy (non-hydrogen) atoms. The van der Waals surface area contributed by atoms with Gasteiger partial charge in [-0.3, -0.25) is 9.59 Å². The van der Waals surface area contributed by atoms with E-state index in [0.717, 1.165) is 56.3 Å². The molecule has 0 aliphatic heterocycles. The highest BCUT2D eigenvalue weighted by Crippen LogP contribution is 2.50. The van der Waals surface area contributed by atoms with E-state index in [2.05, 4.69) is 44.2 Å². The van der Waals surface area contributed by atoms with Gasteiger partial charge in [0.1, 0.15) is 30.7 Å². The summed E-state index contributed by atoms with van der Waals surface area (Å²) in [5, 5.41) is 17.7. The molecule has 0 radical (unpaired) electrons. The minimum absolute atomic E-state index is 0. The van der Waals surface area contributed by atoms with Crippen molar-refractivity contribution in [1.29, 1.82) is 0 Å². The number of Topliss-reactive ketones (excluding diaryl/α,β-unsaturated/α-hetero) is 2. The lowest BCUT2D eigenvalue weighted by Crippen LogP contribution is -2.32. The van der Waals surface area contributed by atoms with Gasteiger partial charge >= 0.3 is 0 Å². The molecular weight excluding hydrogens is 571 g/mol. The SMILES string of the molecule is C.O=C(CO)c1cnc(CC2(c3cccc(F)c3)CCCCC2)nc1.O=C(CO)c1cnc(CC2(c3ccccc3)CC2)nc1. The van der Waals surface area contributed by atoms with Gasteiger partial charge < -0.3 is 10.2 Å². The van der Waals surface area contributed by atoms with Crippen LogP contribution in [0.3, 0.4) is 0 Å². The molecule has 6 rings (SSSR count). The molecule has 9 heteroatoms. The smallest absolute Gasteiger partial charge is 0.191 e. The van der Waals surface area contributed by atoms with Gasteiger partial charge in [-0.25, -0.2) is 24.3 Å². The van der Waals surface area contributed by atoms with Crippen LogP contribution in [0, 0.1) is 5.82 Å². The molecule has 236 valence electrons. The highest BCUT2D eigenvalue weighted by atomic mass is 19.1. The zero-order chi connectivity index (χ0) is 31.0. The van der Waals surface area contributed by atoms with Gasteiger partial charge in [0.05, 0.1) is 11.1 Å². The number of hydrogen-bond acceptors (Lipinski definition) is 8. The van der Waals surface area contributed by atoms with E-state index in [1.807, 2.05) is 12.1 Å². The van der Waals surface area contributed by atoms with E-state index in [-0.39, 0.29) is 35.6 Å². The molecule has 2 aromatic heterocycles. The van der Waals surface area contributed by atoms with Gasteiger partial charge in [-0.15, -0.1) is 0 Å². The van der Waals surface area contributed by atoms with E-state index in [4.69, 9.17) is 10.2 Å². The number of rotatable bonds is 10. The Morgan fingerprint density at radius 1 is 0.644 bits per heavy atom. The van der Waals surface area contributed by atoms with Crippen LogP contribution in [0.2, 0.25) is 0 Å². The summed E-state index contributed by atoms with van der Waals surface area (Å²) in [6, 6.07) is 17.3. The Morgan fingerprint density at radius 2 is 1.11 bits per heavy atom. The number of aliphatic hydroxyl groups excluding tert-OH is 2. The topological polar surface area (TPSA) is 126 Å². The second-order valence-corrected chi connectivity index (χ2v) is 11.8. The largest absolute Gasteiger partial charge is 0.388 e. The normalized spacial score (nSPS) is 16.0. The summed E-state index contributed by atoms with van der Waals surface area (Å²) < 4.78 is 13.7. The first-order valence-corrected chi connectivity index (χ1v) is 15.1. The van der Waals surface area contributed by atoms with Crippen LogP contribution < -0.4 is 0 Å². The Hall–Kier alpha value is -4.21. The highest BCUT2D eigenvalue weighted by molar-refractivity contribution is 5.96. The van der Waals surface area contributed by atoms with Crippen LogP contribution in [-0.4, -0.2) is 54.9 Å². The Kier molecular flexibility index (Phi) is 11.4. The van der Waals surface area contributed by atoms with Crippen LogP contribution in [-0.2, 0) is 23.7 Å². The lowest BCUT2D eigenvalue weighted by atomic mass is 9.67. The van der Waals surface area contributed by atoms with Crippen LogP contribution >= 0.6 is 0 Å². The van der Waals surface area contributed by atoms with Crippen molar-refractivity contribution in [3.63, 3.8) is 0 Å². The van der Waals surface area contributed by atoms with Crippen molar-refractivity contribution in [3.8, 4) is 0 Å². The van der Waals surface area contributed by atoms with E-state index in [1.165, 1.54) is 42.8 Å². The molecule has 2 fully saturated rings. The summed E-state index contributed by atoms with van der Waals surface area (Å²) in [6.07, 6.45) is 15.0. The fourth-order valence-corrected chi connectivity index (χ4v) is 6.09. The average Bonchev–Trinajstić information content (AvgIpc) is 3.86. The van der Waals surface area contributed by atoms with Crippen molar-refractivity contribution in [2.24, 2.45) is 0 Å². The number of benzene rings is 2. The Morgan fingerprint density at radius 3 is 1.56 bits per heavy atom. The summed E-state index contributed by atoms with van der Waals surface area (Å²) in [5.74, 6) is 0.443. The van der Waals surface area contributed by atoms with E-state index in [1.54, 1.807) is 12.1 Å². The second-order valence-electron chi connectivity index (χ2n) is 11.8. The van der Waals surface area contributed by atoms with E-state index in [0.29, 0.717) is 23.4 Å². The predicted octanol–water partition coefficient (Wildman–Crippen LogP) is 5.80. The van der Waals surface area contributed by atoms with E-state index in [9.17, 15) is 14.0 Å². The van der Waals surface area contributed by atoms with E-state index >= 15 is 0 Å². The molecule has 0 amide bonds. The fourth-order valence-electron chi connectivity index (χ4n) is 6.09. The maximum Gasteiger partial charge on any atom is 0.191 e. The van der Waals surface area contributed by atoms with Crippen LogP contribution in [0.5, 0.6) is 0 Å². The molecule has 2 N–H and O–H groups in total. The first-order chi connectivity index (χ1) is 21.4. The molecule has 0 unspecified atom stereocenters. The quantitative estimate of drug-likeness (QED) is 0.215. The summed E-state index contributed by atoms with van der Waals surface area (Å²) >= 11 is 0. The molecule has 8 nitrogen and oxygen atoms in total. The summed E-state index contributed by atoms with van der Waals surface area (Å²) in [6.45, 7) is -1.05. The summed E-state index contributed by atoms with van der Waals surface area (Å²) in [7, 11) is 0. The van der Waals surface area contributed by atoms with Gasteiger partial charge in [0.25, 0.3) is 0 Å². The van der Waals surface area contributed by atoms with Crippen molar-refractivity contribution in [2.45, 2.75) is 76.0 Å². The molecule has 0 bridgehead atoms. The molecular formula is C36H41FN4O4. The van der Waals surface area contributed by atoms with Crippen molar-refractivity contribution >= 4 is 11.6 Å². The molecule has 4 aromatic rings. The van der Waals surface area contributed by atoms with Crippen LogP contribution in [0.4, 0.5) is 4.39 Å².